The monoisotopic (exact) mass is 375 g/mol. The van der Waals surface area contributed by atoms with Crippen molar-refractivity contribution in [3.63, 3.8) is 0 Å². The van der Waals surface area contributed by atoms with E-state index in [0.29, 0.717) is 19.6 Å². The molecular formula is C12H18IN5O. The van der Waals surface area contributed by atoms with E-state index < -0.39 is 5.60 Å². The van der Waals surface area contributed by atoms with Crippen LogP contribution in [0.25, 0.3) is 11.0 Å². The Kier molecular flexibility index (Phi) is 4.26. The second-order valence-corrected chi connectivity index (χ2v) is 6.22. The molecule has 0 aliphatic rings. The average molecular weight is 375 g/mol. The van der Waals surface area contributed by atoms with Gasteiger partial charge in [-0.25, -0.2) is 9.97 Å². The molecule has 0 aliphatic heterocycles. The normalized spacial score (nSPS) is 12.1. The molecule has 2 rings (SSSR count). The van der Waals surface area contributed by atoms with Gasteiger partial charge in [0.05, 0.1) is 17.5 Å². The fraction of sp³-hybridized carbons (Fsp3) is 0.500. The van der Waals surface area contributed by atoms with E-state index in [1.165, 1.54) is 6.33 Å². The summed E-state index contributed by atoms with van der Waals surface area (Å²) in [7, 11) is 0. The van der Waals surface area contributed by atoms with Crippen LogP contribution in [0, 0.1) is 3.57 Å². The van der Waals surface area contributed by atoms with Gasteiger partial charge in [0.1, 0.15) is 17.8 Å². The molecule has 2 heterocycles. The van der Waals surface area contributed by atoms with Crippen molar-refractivity contribution in [1.29, 1.82) is 0 Å². The minimum Gasteiger partial charge on any atom is -0.389 e. The number of halogens is 1. The lowest BCUT2D eigenvalue weighted by molar-refractivity contribution is 0.0626. The first-order valence-electron chi connectivity index (χ1n) is 6.08. The summed E-state index contributed by atoms with van der Waals surface area (Å²) in [5.74, 6) is 0.786. The number of nitrogens with two attached hydrogens (primary N) is 1. The number of anilines is 1. The molecule has 0 bridgehead atoms. The highest BCUT2D eigenvalue weighted by Crippen LogP contribution is 2.27. The summed E-state index contributed by atoms with van der Waals surface area (Å²) in [6.45, 7) is 5.26. The Morgan fingerprint density at radius 3 is 2.84 bits per heavy atom. The number of hydrogen-bond donors (Lipinski definition) is 3. The van der Waals surface area contributed by atoms with Gasteiger partial charge >= 0.3 is 0 Å². The fourth-order valence-corrected chi connectivity index (χ4v) is 2.77. The van der Waals surface area contributed by atoms with E-state index in [-0.39, 0.29) is 0 Å². The van der Waals surface area contributed by atoms with E-state index in [0.717, 1.165) is 20.4 Å². The molecule has 0 amide bonds. The van der Waals surface area contributed by atoms with Gasteiger partial charge in [0, 0.05) is 22.9 Å². The van der Waals surface area contributed by atoms with Crippen molar-refractivity contribution < 1.29 is 5.11 Å². The van der Waals surface area contributed by atoms with Gasteiger partial charge in [0.25, 0.3) is 0 Å². The Balaban J connectivity index is 2.47. The van der Waals surface area contributed by atoms with E-state index in [2.05, 4.69) is 37.9 Å². The van der Waals surface area contributed by atoms with Gasteiger partial charge in [0.15, 0.2) is 0 Å². The van der Waals surface area contributed by atoms with Crippen LogP contribution in [-0.4, -0.2) is 38.3 Å². The summed E-state index contributed by atoms with van der Waals surface area (Å²) in [5, 5.41) is 14.1. The summed E-state index contributed by atoms with van der Waals surface area (Å²) in [4.78, 5) is 8.58. The maximum Gasteiger partial charge on any atom is 0.146 e. The molecule has 7 heteroatoms. The van der Waals surface area contributed by atoms with Gasteiger partial charge in [-0.1, -0.05) is 0 Å². The van der Waals surface area contributed by atoms with Crippen molar-refractivity contribution in [2.45, 2.75) is 26.0 Å². The van der Waals surface area contributed by atoms with Crippen LogP contribution < -0.4 is 11.1 Å². The summed E-state index contributed by atoms with van der Waals surface area (Å²) < 4.78 is 3.00. The van der Waals surface area contributed by atoms with Crippen molar-refractivity contribution in [3.05, 3.63) is 16.1 Å². The zero-order valence-corrected chi connectivity index (χ0v) is 13.2. The van der Waals surface area contributed by atoms with Gasteiger partial charge in [-0.3, -0.25) is 0 Å². The molecule has 2 aromatic heterocycles. The Morgan fingerprint density at radius 2 is 2.21 bits per heavy atom. The Labute approximate surface area is 125 Å². The summed E-state index contributed by atoms with van der Waals surface area (Å²) in [6, 6.07) is 0. The number of fused-ring (bicyclic) bond motifs is 1. The second-order valence-electron chi connectivity index (χ2n) is 5.05. The Bertz CT molecular complexity index is 575. The molecule has 4 N–H and O–H groups in total. The van der Waals surface area contributed by atoms with Crippen LogP contribution in [-0.2, 0) is 6.54 Å². The van der Waals surface area contributed by atoms with E-state index in [1.54, 1.807) is 13.8 Å². The van der Waals surface area contributed by atoms with Crippen LogP contribution in [0.3, 0.4) is 0 Å². The molecule has 0 aromatic carbocycles. The average Bonchev–Trinajstić information content (AvgIpc) is 2.62. The zero-order valence-electron chi connectivity index (χ0n) is 11.0. The van der Waals surface area contributed by atoms with Crippen LogP contribution in [0.4, 0.5) is 5.82 Å². The lowest BCUT2D eigenvalue weighted by Gasteiger charge is -2.18. The first-order valence-corrected chi connectivity index (χ1v) is 7.16. The van der Waals surface area contributed by atoms with Gasteiger partial charge in [-0.2, -0.15) is 0 Å². The van der Waals surface area contributed by atoms with Crippen molar-refractivity contribution in [1.82, 2.24) is 14.5 Å². The van der Waals surface area contributed by atoms with Gasteiger partial charge < -0.3 is 20.7 Å². The molecule has 0 aliphatic carbocycles. The van der Waals surface area contributed by atoms with Crippen LogP contribution in [0.15, 0.2) is 12.5 Å². The highest BCUT2D eigenvalue weighted by Gasteiger charge is 2.18. The second kappa shape index (κ2) is 5.59. The molecule has 0 saturated heterocycles. The topological polar surface area (TPSA) is 89.0 Å². The quantitative estimate of drug-likeness (QED) is 0.683. The molecule has 6 nitrogen and oxygen atoms in total. The Hall–Kier alpha value is -0.930. The predicted molar refractivity (Wildman–Crippen MR) is 84.1 cm³/mol. The molecular weight excluding hydrogens is 357 g/mol. The smallest absolute Gasteiger partial charge is 0.146 e. The summed E-state index contributed by atoms with van der Waals surface area (Å²) in [6.07, 6.45) is 3.50. The molecule has 104 valence electrons. The molecule has 0 saturated carbocycles. The molecule has 0 spiro atoms. The van der Waals surface area contributed by atoms with Gasteiger partial charge in [-0.05, 0) is 36.4 Å². The lowest BCUT2D eigenvalue weighted by atomic mass is 10.1. The molecule has 0 unspecified atom stereocenters. The van der Waals surface area contributed by atoms with Gasteiger partial charge in [-0.15, -0.1) is 0 Å². The van der Waals surface area contributed by atoms with Crippen molar-refractivity contribution >= 4 is 39.4 Å². The van der Waals surface area contributed by atoms with Crippen LogP contribution in [0.2, 0.25) is 0 Å². The maximum absolute atomic E-state index is 9.95. The number of aliphatic hydroxyl groups is 1. The first-order chi connectivity index (χ1) is 8.92. The third-order valence-corrected chi connectivity index (χ3v) is 3.42. The van der Waals surface area contributed by atoms with Crippen LogP contribution >= 0.6 is 22.6 Å². The highest BCUT2D eigenvalue weighted by atomic mass is 127. The highest BCUT2D eigenvalue weighted by molar-refractivity contribution is 14.1. The number of aromatic nitrogens is 3. The lowest BCUT2D eigenvalue weighted by Crippen LogP contribution is -2.25. The number of nitrogens with one attached hydrogen (secondary N) is 1. The molecule has 0 radical (unpaired) electrons. The van der Waals surface area contributed by atoms with Gasteiger partial charge in [0.2, 0.25) is 0 Å². The summed E-state index contributed by atoms with van der Waals surface area (Å²) in [5.41, 5.74) is 5.53. The minimum atomic E-state index is -0.787. The van der Waals surface area contributed by atoms with Crippen molar-refractivity contribution in [2.24, 2.45) is 5.73 Å². The largest absolute Gasteiger partial charge is 0.389 e. The SMILES string of the molecule is CC(C)(O)Cn1cc(I)c2c(NCCN)ncnc21. The maximum atomic E-state index is 9.95. The molecule has 0 fully saturated rings. The standard InChI is InChI=1S/C12H18IN5O/c1-12(2,19)6-18-5-8(13)9-10(15-4-3-14)16-7-17-11(9)18/h5,7,19H,3-4,6,14H2,1-2H3,(H,15,16,17). The fourth-order valence-electron chi connectivity index (χ4n) is 1.94. The van der Waals surface area contributed by atoms with Crippen LogP contribution in [0.1, 0.15) is 13.8 Å². The molecule has 19 heavy (non-hydrogen) atoms. The molecule has 2 aromatic rings. The third-order valence-electron chi connectivity index (χ3n) is 2.60. The summed E-state index contributed by atoms with van der Waals surface area (Å²) >= 11 is 2.25. The third kappa shape index (κ3) is 3.34. The molecule has 0 atom stereocenters. The number of nitrogens with zero attached hydrogens (tertiary/aromatic N) is 3. The minimum absolute atomic E-state index is 0.486. The van der Waals surface area contributed by atoms with E-state index in [9.17, 15) is 5.11 Å². The van der Waals surface area contributed by atoms with Crippen molar-refractivity contribution in [2.75, 3.05) is 18.4 Å². The number of hydrogen-bond acceptors (Lipinski definition) is 5. The van der Waals surface area contributed by atoms with Crippen molar-refractivity contribution in [3.8, 4) is 0 Å². The zero-order chi connectivity index (χ0) is 14.0. The predicted octanol–water partition coefficient (Wildman–Crippen LogP) is 1.18. The van der Waals surface area contributed by atoms with E-state index in [4.69, 9.17) is 5.73 Å². The van der Waals surface area contributed by atoms with E-state index >= 15 is 0 Å². The van der Waals surface area contributed by atoms with Crippen LogP contribution in [0.5, 0.6) is 0 Å². The van der Waals surface area contributed by atoms with E-state index in [1.807, 2.05) is 10.8 Å². The Morgan fingerprint density at radius 1 is 1.47 bits per heavy atom. The number of rotatable bonds is 5. The first kappa shape index (κ1) is 14.5.